The lowest BCUT2D eigenvalue weighted by Crippen LogP contribution is -2.38. The second-order valence-electron chi connectivity index (χ2n) is 5.48. The highest BCUT2D eigenvalue weighted by atomic mass is 16.5. The summed E-state index contributed by atoms with van der Waals surface area (Å²) >= 11 is 0. The van der Waals surface area contributed by atoms with E-state index in [1.54, 1.807) is 25.1 Å². The van der Waals surface area contributed by atoms with E-state index in [0.29, 0.717) is 17.4 Å². The van der Waals surface area contributed by atoms with Crippen molar-refractivity contribution in [3.63, 3.8) is 0 Å². The lowest BCUT2D eigenvalue weighted by atomic mass is 10.1. The first-order valence-electron chi connectivity index (χ1n) is 7.13. The summed E-state index contributed by atoms with van der Waals surface area (Å²) in [6.07, 6.45) is -0.580. The number of ether oxygens (including phenoxy) is 2. The number of carbonyl (C=O) groups excluding carboxylic acids is 1. The Hall–Kier alpha value is -1.75. The Morgan fingerprint density at radius 3 is 2.43 bits per heavy atom. The van der Waals surface area contributed by atoms with E-state index in [1.807, 2.05) is 20.8 Å². The van der Waals surface area contributed by atoms with Gasteiger partial charge in [0.15, 0.2) is 18.1 Å². The van der Waals surface area contributed by atoms with E-state index in [9.17, 15) is 9.90 Å². The molecule has 0 bridgehead atoms. The predicted molar refractivity (Wildman–Crippen MR) is 81.6 cm³/mol. The number of rotatable bonds is 7. The van der Waals surface area contributed by atoms with Gasteiger partial charge < -0.3 is 19.9 Å². The summed E-state index contributed by atoms with van der Waals surface area (Å²) in [6, 6.07) is 5.24. The molecule has 0 saturated carbocycles. The van der Waals surface area contributed by atoms with Crippen molar-refractivity contribution < 1.29 is 19.4 Å². The summed E-state index contributed by atoms with van der Waals surface area (Å²) < 4.78 is 10.7. The maximum absolute atomic E-state index is 11.8. The normalized spacial score (nSPS) is 13.7. The molecule has 5 heteroatoms. The standard InChI is InChI=1S/C16H25NO4/c1-10(2)11(3)17-16(19)9-21-14-7-6-13(12(4)18)8-15(14)20-5/h6-8,10-12,18H,9H2,1-5H3,(H,17,19)/t11?,12-/m1/s1. The van der Waals surface area contributed by atoms with Crippen LogP contribution in [0.3, 0.4) is 0 Å². The van der Waals surface area contributed by atoms with Gasteiger partial charge in [0.05, 0.1) is 13.2 Å². The molecule has 1 amide bonds. The third-order valence-corrected chi connectivity index (χ3v) is 3.42. The molecular weight excluding hydrogens is 270 g/mol. The molecule has 21 heavy (non-hydrogen) atoms. The first-order valence-corrected chi connectivity index (χ1v) is 7.13. The Balaban J connectivity index is 2.65. The van der Waals surface area contributed by atoms with Gasteiger partial charge in [-0.15, -0.1) is 0 Å². The highest BCUT2D eigenvalue weighted by molar-refractivity contribution is 5.77. The number of aliphatic hydroxyl groups excluding tert-OH is 1. The molecule has 5 nitrogen and oxygen atoms in total. The average Bonchev–Trinajstić information content (AvgIpc) is 2.44. The maximum atomic E-state index is 11.8. The monoisotopic (exact) mass is 295 g/mol. The number of methoxy groups -OCH3 is 1. The molecule has 0 saturated heterocycles. The molecular formula is C16H25NO4. The van der Waals surface area contributed by atoms with Crippen LogP contribution in [0.4, 0.5) is 0 Å². The summed E-state index contributed by atoms with van der Waals surface area (Å²) in [5, 5.41) is 12.4. The summed E-state index contributed by atoms with van der Waals surface area (Å²) in [7, 11) is 1.52. The third kappa shape index (κ3) is 5.27. The van der Waals surface area contributed by atoms with Crippen molar-refractivity contribution in [3.8, 4) is 11.5 Å². The van der Waals surface area contributed by atoms with Gasteiger partial charge in [0.1, 0.15) is 0 Å². The second kappa shape index (κ2) is 7.88. The van der Waals surface area contributed by atoms with E-state index in [0.717, 1.165) is 5.56 Å². The Morgan fingerprint density at radius 1 is 1.24 bits per heavy atom. The fourth-order valence-corrected chi connectivity index (χ4v) is 1.67. The van der Waals surface area contributed by atoms with Crippen molar-refractivity contribution in [3.05, 3.63) is 23.8 Å². The fraction of sp³-hybridized carbons (Fsp3) is 0.562. The van der Waals surface area contributed by atoms with Gasteiger partial charge in [-0.3, -0.25) is 4.79 Å². The molecule has 1 aromatic carbocycles. The molecule has 0 spiro atoms. The van der Waals surface area contributed by atoms with Gasteiger partial charge in [-0.2, -0.15) is 0 Å². The van der Waals surface area contributed by atoms with Crippen LogP contribution in [0, 0.1) is 5.92 Å². The van der Waals surface area contributed by atoms with Crippen molar-refractivity contribution in [1.29, 1.82) is 0 Å². The zero-order valence-electron chi connectivity index (χ0n) is 13.3. The Morgan fingerprint density at radius 2 is 1.90 bits per heavy atom. The van der Waals surface area contributed by atoms with Crippen LogP contribution in [0.2, 0.25) is 0 Å². The number of hydrogen-bond acceptors (Lipinski definition) is 4. The zero-order valence-corrected chi connectivity index (χ0v) is 13.3. The van der Waals surface area contributed by atoms with Gasteiger partial charge in [0, 0.05) is 6.04 Å². The topological polar surface area (TPSA) is 67.8 Å². The third-order valence-electron chi connectivity index (χ3n) is 3.42. The summed E-state index contributed by atoms with van der Waals surface area (Å²) in [6.45, 7) is 7.66. The highest BCUT2D eigenvalue weighted by Gasteiger charge is 2.13. The van der Waals surface area contributed by atoms with Gasteiger partial charge in [0.25, 0.3) is 5.91 Å². The molecule has 0 aliphatic rings. The van der Waals surface area contributed by atoms with E-state index < -0.39 is 6.10 Å². The van der Waals surface area contributed by atoms with Crippen molar-refractivity contribution in [2.24, 2.45) is 5.92 Å². The van der Waals surface area contributed by atoms with Gasteiger partial charge in [-0.05, 0) is 37.5 Å². The lowest BCUT2D eigenvalue weighted by Gasteiger charge is -2.18. The smallest absolute Gasteiger partial charge is 0.258 e. The number of nitrogens with one attached hydrogen (secondary N) is 1. The number of benzene rings is 1. The largest absolute Gasteiger partial charge is 0.493 e. The molecule has 2 atom stereocenters. The van der Waals surface area contributed by atoms with Crippen molar-refractivity contribution in [1.82, 2.24) is 5.32 Å². The van der Waals surface area contributed by atoms with Gasteiger partial charge in [0.2, 0.25) is 0 Å². The maximum Gasteiger partial charge on any atom is 0.258 e. The van der Waals surface area contributed by atoms with Crippen LogP contribution in [0.25, 0.3) is 0 Å². The molecule has 0 fully saturated rings. The van der Waals surface area contributed by atoms with Crippen molar-refractivity contribution >= 4 is 5.91 Å². The van der Waals surface area contributed by atoms with Crippen LogP contribution >= 0.6 is 0 Å². The van der Waals surface area contributed by atoms with Crippen molar-refractivity contribution in [2.45, 2.75) is 39.8 Å². The van der Waals surface area contributed by atoms with Crippen LogP contribution < -0.4 is 14.8 Å². The molecule has 118 valence electrons. The Kier molecular flexibility index (Phi) is 6.49. The number of amides is 1. The van der Waals surface area contributed by atoms with Crippen LogP contribution in [-0.4, -0.2) is 30.8 Å². The van der Waals surface area contributed by atoms with Crippen molar-refractivity contribution in [2.75, 3.05) is 13.7 Å². The molecule has 0 aliphatic heterocycles. The fourth-order valence-electron chi connectivity index (χ4n) is 1.67. The first-order chi connectivity index (χ1) is 9.85. The molecule has 0 aliphatic carbocycles. The number of aliphatic hydroxyl groups is 1. The predicted octanol–water partition coefficient (Wildman–Crippen LogP) is 2.29. The Bertz CT molecular complexity index is 471. The van der Waals surface area contributed by atoms with Gasteiger partial charge in [-0.25, -0.2) is 0 Å². The van der Waals surface area contributed by atoms with Gasteiger partial charge in [-0.1, -0.05) is 19.9 Å². The van der Waals surface area contributed by atoms with E-state index in [4.69, 9.17) is 9.47 Å². The van der Waals surface area contributed by atoms with E-state index >= 15 is 0 Å². The highest BCUT2D eigenvalue weighted by Crippen LogP contribution is 2.30. The summed E-state index contributed by atoms with van der Waals surface area (Å²) in [5.41, 5.74) is 0.733. The molecule has 0 heterocycles. The minimum Gasteiger partial charge on any atom is -0.493 e. The van der Waals surface area contributed by atoms with Crippen LogP contribution in [0.5, 0.6) is 11.5 Å². The SMILES string of the molecule is COc1cc([C@@H](C)O)ccc1OCC(=O)NC(C)C(C)C. The molecule has 1 aromatic rings. The quantitative estimate of drug-likeness (QED) is 0.810. The molecule has 1 unspecified atom stereocenters. The number of carbonyl (C=O) groups is 1. The van der Waals surface area contributed by atoms with E-state index in [2.05, 4.69) is 5.32 Å². The molecule has 0 aromatic heterocycles. The molecule has 1 rings (SSSR count). The van der Waals surface area contributed by atoms with E-state index in [-0.39, 0.29) is 18.6 Å². The minimum absolute atomic E-state index is 0.0680. The molecule has 0 radical (unpaired) electrons. The minimum atomic E-state index is -0.580. The summed E-state index contributed by atoms with van der Waals surface area (Å²) in [4.78, 5) is 11.8. The number of hydrogen-bond donors (Lipinski definition) is 2. The lowest BCUT2D eigenvalue weighted by molar-refractivity contribution is -0.124. The average molecular weight is 295 g/mol. The van der Waals surface area contributed by atoms with Crippen LogP contribution in [-0.2, 0) is 4.79 Å². The first kappa shape index (κ1) is 17.3. The second-order valence-corrected chi connectivity index (χ2v) is 5.48. The van der Waals surface area contributed by atoms with Crippen LogP contribution in [0.15, 0.2) is 18.2 Å². The zero-order chi connectivity index (χ0) is 16.0. The summed E-state index contributed by atoms with van der Waals surface area (Å²) in [5.74, 6) is 1.18. The molecule has 2 N–H and O–H groups in total. The Labute approximate surface area is 126 Å². The van der Waals surface area contributed by atoms with Gasteiger partial charge >= 0.3 is 0 Å². The van der Waals surface area contributed by atoms with E-state index in [1.165, 1.54) is 7.11 Å². The van der Waals surface area contributed by atoms with Crippen LogP contribution in [0.1, 0.15) is 39.4 Å².